The van der Waals surface area contributed by atoms with E-state index in [1.807, 2.05) is 6.92 Å². The highest BCUT2D eigenvalue weighted by molar-refractivity contribution is 4.15. The summed E-state index contributed by atoms with van der Waals surface area (Å²) in [6.45, 7) is 5.23. The zero-order valence-corrected chi connectivity index (χ0v) is 6.68. The largest absolute Gasteiger partial charge is 0.396 e. The molecule has 0 heterocycles. The van der Waals surface area contributed by atoms with E-state index in [-0.39, 0.29) is 0 Å². The molecule has 0 bridgehead atoms. The average molecular weight is 134 g/mol. The van der Waals surface area contributed by atoms with Gasteiger partial charge >= 0.3 is 0 Å². The van der Waals surface area contributed by atoms with Gasteiger partial charge in [0.25, 0.3) is 0 Å². The number of aliphatic hydroxyl groups excluding tert-OH is 1. The van der Waals surface area contributed by atoms with Crippen LogP contribution in [-0.2, 0) is 4.74 Å². The first-order valence-electron chi connectivity index (χ1n) is 3.43. The van der Waals surface area contributed by atoms with Crippen LogP contribution in [0.2, 0.25) is 0 Å². The lowest BCUT2D eigenvalue weighted by Gasteiger charge is -1.84. The maximum atomic E-state index is 7.88. The zero-order chi connectivity index (χ0) is 7.54. The summed E-state index contributed by atoms with van der Waals surface area (Å²) in [6, 6.07) is 0. The van der Waals surface area contributed by atoms with Crippen molar-refractivity contribution in [3.8, 4) is 0 Å². The van der Waals surface area contributed by atoms with Gasteiger partial charge < -0.3 is 9.84 Å². The van der Waals surface area contributed by atoms with Crippen LogP contribution < -0.4 is 0 Å². The van der Waals surface area contributed by atoms with Crippen molar-refractivity contribution in [1.29, 1.82) is 0 Å². The maximum absolute atomic E-state index is 7.88. The Balaban J connectivity index is 0. The summed E-state index contributed by atoms with van der Waals surface area (Å²) in [5.74, 6) is 0. The fourth-order valence-electron chi connectivity index (χ4n) is 0.204. The fourth-order valence-corrected chi connectivity index (χ4v) is 0.204. The summed E-state index contributed by atoms with van der Waals surface area (Å²) in [5.41, 5.74) is 0. The van der Waals surface area contributed by atoms with Gasteiger partial charge in [-0.15, -0.1) is 0 Å². The normalized spacial score (nSPS) is 8.00. The van der Waals surface area contributed by atoms with Gasteiger partial charge in [-0.05, 0) is 12.8 Å². The van der Waals surface area contributed by atoms with Crippen LogP contribution in [0, 0.1) is 0 Å². The van der Waals surface area contributed by atoms with Crippen molar-refractivity contribution in [2.75, 3.05) is 20.3 Å². The minimum absolute atomic E-state index is 0.319. The number of rotatable bonds is 3. The van der Waals surface area contributed by atoms with E-state index in [1.54, 1.807) is 7.11 Å². The topological polar surface area (TPSA) is 29.5 Å². The molecule has 2 nitrogen and oxygen atoms in total. The molecule has 0 aliphatic heterocycles. The molecule has 0 unspecified atom stereocenters. The van der Waals surface area contributed by atoms with Crippen LogP contribution in [0.3, 0.4) is 0 Å². The molecule has 0 aromatic carbocycles. The summed E-state index contributed by atoms with van der Waals surface area (Å²) in [4.78, 5) is 0. The number of ether oxygens (including phenoxy) is 1. The first-order valence-corrected chi connectivity index (χ1v) is 3.43. The molecule has 0 saturated carbocycles. The summed E-state index contributed by atoms with van der Waals surface area (Å²) in [5, 5.41) is 7.88. The zero-order valence-electron chi connectivity index (χ0n) is 6.68. The van der Waals surface area contributed by atoms with Gasteiger partial charge in [0.1, 0.15) is 0 Å². The van der Waals surface area contributed by atoms with Gasteiger partial charge in [-0.25, -0.2) is 0 Å². The van der Waals surface area contributed by atoms with Crippen LogP contribution in [0.25, 0.3) is 0 Å². The van der Waals surface area contributed by atoms with E-state index in [0.29, 0.717) is 6.61 Å². The van der Waals surface area contributed by atoms with Crippen LogP contribution >= 0.6 is 0 Å². The second kappa shape index (κ2) is 15.7. The van der Waals surface area contributed by atoms with E-state index in [0.717, 1.165) is 19.4 Å². The van der Waals surface area contributed by atoms with Crippen molar-refractivity contribution in [2.45, 2.75) is 26.7 Å². The first kappa shape index (κ1) is 11.7. The molecule has 0 aliphatic rings. The Hall–Kier alpha value is -0.0800. The van der Waals surface area contributed by atoms with Crippen molar-refractivity contribution in [3.05, 3.63) is 0 Å². The number of hydrogen-bond donors (Lipinski definition) is 1. The molecule has 0 rings (SSSR count). The predicted molar refractivity (Wildman–Crippen MR) is 39.5 cm³/mol. The van der Waals surface area contributed by atoms with Crippen molar-refractivity contribution in [3.63, 3.8) is 0 Å². The van der Waals surface area contributed by atoms with Crippen molar-refractivity contribution < 1.29 is 9.84 Å². The molecule has 0 saturated heterocycles. The molecule has 0 aromatic rings. The summed E-state index contributed by atoms with van der Waals surface area (Å²) in [7, 11) is 1.71. The summed E-state index contributed by atoms with van der Waals surface area (Å²) >= 11 is 0. The van der Waals surface area contributed by atoms with E-state index in [9.17, 15) is 0 Å². The molecule has 0 aromatic heterocycles. The Morgan fingerprint density at radius 2 is 1.67 bits per heavy atom. The van der Waals surface area contributed by atoms with E-state index in [1.165, 1.54) is 0 Å². The third-order valence-corrected chi connectivity index (χ3v) is 0.632. The third kappa shape index (κ3) is 32.6. The molecule has 0 radical (unpaired) electrons. The Morgan fingerprint density at radius 1 is 1.22 bits per heavy atom. The highest BCUT2D eigenvalue weighted by atomic mass is 16.5. The highest BCUT2D eigenvalue weighted by Gasteiger charge is 1.66. The van der Waals surface area contributed by atoms with E-state index in [2.05, 4.69) is 6.92 Å². The summed E-state index contributed by atoms with van der Waals surface area (Å²) in [6.07, 6.45) is 2.00. The lowest BCUT2D eigenvalue weighted by Crippen LogP contribution is -1.80. The van der Waals surface area contributed by atoms with Gasteiger partial charge in [-0.2, -0.15) is 0 Å². The molecule has 1 N–H and O–H groups in total. The van der Waals surface area contributed by atoms with Gasteiger partial charge in [-0.3, -0.25) is 0 Å². The van der Waals surface area contributed by atoms with Crippen molar-refractivity contribution in [2.24, 2.45) is 0 Å². The smallest absolute Gasteiger partial charge is 0.0459 e. The molecule has 0 amide bonds. The van der Waals surface area contributed by atoms with Crippen LogP contribution in [0.1, 0.15) is 26.7 Å². The molecule has 58 valence electrons. The maximum Gasteiger partial charge on any atom is 0.0459 e. The number of methoxy groups -OCH3 is 1. The lowest BCUT2D eigenvalue weighted by molar-refractivity contribution is 0.199. The molecular weight excluding hydrogens is 116 g/mol. The number of hydrogen-bond acceptors (Lipinski definition) is 2. The minimum Gasteiger partial charge on any atom is -0.396 e. The molecule has 0 fully saturated rings. The molecule has 0 aliphatic carbocycles. The second-order valence-electron chi connectivity index (χ2n) is 1.72. The molecule has 0 spiro atoms. The Kier molecular flexibility index (Phi) is 20.3. The van der Waals surface area contributed by atoms with Crippen molar-refractivity contribution >= 4 is 0 Å². The van der Waals surface area contributed by atoms with Crippen LogP contribution in [0.4, 0.5) is 0 Å². The van der Waals surface area contributed by atoms with Crippen LogP contribution in [0.5, 0.6) is 0 Å². The van der Waals surface area contributed by atoms with Gasteiger partial charge in [0, 0.05) is 20.3 Å². The average Bonchev–Trinajstić information content (AvgIpc) is 1.91. The Bertz CT molecular complexity index is 26.1. The Morgan fingerprint density at radius 3 is 1.67 bits per heavy atom. The first-order chi connectivity index (χ1) is 4.33. The number of aliphatic hydroxyl groups is 1. The van der Waals surface area contributed by atoms with E-state index >= 15 is 0 Å². The Labute approximate surface area is 57.8 Å². The van der Waals surface area contributed by atoms with Gasteiger partial charge in [0.05, 0.1) is 0 Å². The third-order valence-electron chi connectivity index (χ3n) is 0.632. The molecule has 9 heavy (non-hydrogen) atoms. The second-order valence-corrected chi connectivity index (χ2v) is 1.72. The van der Waals surface area contributed by atoms with Crippen LogP contribution in [0.15, 0.2) is 0 Å². The van der Waals surface area contributed by atoms with Gasteiger partial charge in [0.15, 0.2) is 0 Å². The molecule has 2 heteroatoms. The highest BCUT2D eigenvalue weighted by Crippen LogP contribution is 1.70. The molecular formula is C7H18O2. The van der Waals surface area contributed by atoms with Gasteiger partial charge in [-0.1, -0.05) is 13.8 Å². The van der Waals surface area contributed by atoms with E-state index < -0.39 is 0 Å². The predicted octanol–water partition coefficient (Wildman–Crippen LogP) is 1.43. The standard InChI is InChI=1S/C4H10O.C3H8O/c1-3-4-5-2;1-2-3-4/h3-4H2,1-2H3;4H,2-3H2,1H3. The fraction of sp³-hybridized carbons (Fsp3) is 1.00. The SMILES string of the molecule is CCCO.CCCOC. The van der Waals surface area contributed by atoms with Gasteiger partial charge in [0.2, 0.25) is 0 Å². The monoisotopic (exact) mass is 134 g/mol. The van der Waals surface area contributed by atoms with Crippen molar-refractivity contribution in [1.82, 2.24) is 0 Å². The molecule has 0 atom stereocenters. The minimum atomic E-state index is 0.319. The van der Waals surface area contributed by atoms with E-state index in [4.69, 9.17) is 9.84 Å². The quantitative estimate of drug-likeness (QED) is 0.632. The lowest BCUT2D eigenvalue weighted by atomic mass is 10.5. The van der Waals surface area contributed by atoms with Crippen LogP contribution in [-0.4, -0.2) is 25.4 Å². The summed E-state index contributed by atoms with van der Waals surface area (Å²) < 4.78 is 4.69.